The first-order valence-corrected chi connectivity index (χ1v) is 6.76. The van der Waals surface area contributed by atoms with Crippen LogP contribution in [0.25, 0.3) is 0 Å². The first kappa shape index (κ1) is 11.4. The Morgan fingerprint density at radius 1 is 1.40 bits per heavy atom. The van der Waals surface area contributed by atoms with E-state index < -0.39 is 0 Å². The molecule has 1 saturated heterocycles. The van der Waals surface area contributed by atoms with Gasteiger partial charge in [0.2, 0.25) is 0 Å². The Morgan fingerprint density at radius 2 is 2.20 bits per heavy atom. The van der Waals surface area contributed by atoms with E-state index in [9.17, 15) is 0 Å². The van der Waals surface area contributed by atoms with Crippen molar-refractivity contribution < 1.29 is 4.74 Å². The van der Waals surface area contributed by atoms with Crippen LogP contribution >= 0.6 is 0 Å². The maximum atomic E-state index is 5.94. The minimum absolute atomic E-state index is 0.585. The maximum absolute atomic E-state index is 5.94. The van der Waals surface area contributed by atoms with Crippen LogP contribution in [0.2, 0.25) is 0 Å². The summed E-state index contributed by atoms with van der Waals surface area (Å²) >= 11 is 0. The SMILES string of the molecule is CCCC[C@]1(C)CCC2C(C)COC2C1. The van der Waals surface area contributed by atoms with E-state index in [1.54, 1.807) is 0 Å². The van der Waals surface area contributed by atoms with Gasteiger partial charge >= 0.3 is 0 Å². The summed E-state index contributed by atoms with van der Waals surface area (Å²) in [6.07, 6.45) is 8.89. The van der Waals surface area contributed by atoms with Crippen molar-refractivity contribution in [2.45, 2.75) is 65.4 Å². The lowest BCUT2D eigenvalue weighted by Crippen LogP contribution is -2.34. The smallest absolute Gasteiger partial charge is 0.0612 e. The summed E-state index contributed by atoms with van der Waals surface area (Å²) in [4.78, 5) is 0. The molecular formula is C14H26O. The highest BCUT2D eigenvalue weighted by molar-refractivity contribution is 4.92. The molecule has 15 heavy (non-hydrogen) atoms. The molecule has 1 nitrogen and oxygen atoms in total. The van der Waals surface area contributed by atoms with Gasteiger partial charge in [0.1, 0.15) is 0 Å². The standard InChI is InChI=1S/C14H26O/c1-4-5-7-14(3)8-6-12-11(2)10-15-13(12)9-14/h11-13H,4-10H2,1-3H3/t11?,12?,13?,14-/m1/s1. The molecule has 0 aromatic carbocycles. The summed E-state index contributed by atoms with van der Waals surface area (Å²) in [5.74, 6) is 1.69. The molecule has 0 radical (unpaired) electrons. The van der Waals surface area contributed by atoms with Crippen molar-refractivity contribution in [2.75, 3.05) is 6.61 Å². The third kappa shape index (κ3) is 2.38. The van der Waals surface area contributed by atoms with E-state index in [0.29, 0.717) is 11.5 Å². The zero-order chi connectivity index (χ0) is 10.9. The Labute approximate surface area is 94.6 Å². The van der Waals surface area contributed by atoms with Crippen molar-refractivity contribution in [1.82, 2.24) is 0 Å². The molecule has 0 N–H and O–H groups in total. The van der Waals surface area contributed by atoms with Crippen LogP contribution in [0, 0.1) is 17.3 Å². The number of hydrogen-bond donors (Lipinski definition) is 0. The van der Waals surface area contributed by atoms with E-state index in [4.69, 9.17) is 4.74 Å². The molecule has 1 saturated carbocycles. The van der Waals surface area contributed by atoms with Crippen LogP contribution in [-0.4, -0.2) is 12.7 Å². The fraction of sp³-hybridized carbons (Fsp3) is 1.00. The third-order valence-corrected chi connectivity index (χ3v) is 4.69. The largest absolute Gasteiger partial charge is 0.378 e. The molecule has 88 valence electrons. The number of rotatable bonds is 3. The first-order valence-electron chi connectivity index (χ1n) is 6.76. The van der Waals surface area contributed by atoms with Crippen molar-refractivity contribution in [3.05, 3.63) is 0 Å². The molecular weight excluding hydrogens is 184 g/mol. The van der Waals surface area contributed by atoms with E-state index in [1.807, 2.05) is 0 Å². The second-order valence-corrected chi connectivity index (χ2v) is 6.17. The first-order chi connectivity index (χ1) is 7.14. The van der Waals surface area contributed by atoms with Crippen molar-refractivity contribution >= 4 is 0 Å². The number of fused-ring (bicyclic) bond motifs is 1. The van der Waals surface area contributed by atoms with E-state index in [1.165, 1.54) is 38.5 Å². The lowest BCUT2D eigenvalue weighted by atomic mass is 9.66. The molecule has 2 rings (SSSR count). The normalized spacial score (nSPS) is 45.4. The molecule has 3 unspecified atom stereocenters. The van der Waals surface area contributed by atoms with Gasteiger partial charge in [0.15, 0.2) is 0 Å². The van der Waals surface area contributed by atoms with Gasteiger partial charge in [0, 0.05) is 6.61 Å². The summed E-state index contributed by atoms with van der Waals surface area (Å²) in [6.45, 7) is 8.15. The van der Waals surface area contributed by atoms with Gasteiger partial charge in [-0.3, -0.25) is 0 Å². The molecule has 0 amide bonds. The lowest BCUT2D eigenvalue weighted by Gasteiger charge is -2.40. The number of unbranched alkanes of at least 4 members (excludes halogenated alkanes) is 1. The second-order valence-electron chi connectivity index (χ2n) is 6.17. The summed E-state index contributed by atoms with van der Waals surface area (Å²) < 4.78 is 5.94. The monoisotopic (exact) mass is 210 g/mol. The van der Waals surface area contributed by atoms with Crippen LogP contribution in [0.15, 0.2) is 0 Å². The van der Waals surface area contributed by atoms with Crippen LogP contribution in [0.3, 0.4) is 0 Å². The van der Waals surface area contributed by atoms with Crippen molar-refractivity contribution in [3.63, 3.8) is 0 Å². The fourth-order valence-corrected chi connectivity index (χ4v) is 3.50. The van der Waals surface area contributed by atoms with Gasteiger partial charge < -0.3 is 4.74 Å². The Bertz CT molecular complexity index is 213. The molecule has 1 heteroatoms. The molecule has 0 spiro atoms. The highest BCUT2D eigenvalue weighted by atomic mass is 16.5. The zero-order valence-electron chi connectivity index (χ0n) is 10.6. The molecule has 0 bridgehead atoms. The highest BCUT2D eigenvalue weighted by Gasteiger charge is 2.43. The highest BCUT2D eigenvalue weighted by Crippen LogP contribution is 2.48. The van der Waals surface area contributed by atoms with Crippen molar-refractivity contribution in [1.29, 1.82) is 0 Å². The molecule has 1 aliphatic heterocycles. The van der Waals surface area contributed by atoms with Crippen LogP contribution in [0.1, 0.15) is 59.3 Å². The van der Waals surface area contributed by atoms with Gasteiger partial charge in [-0.25, -0.2) is 0 Å². The predicted octanol–water partition coefficient (Wildman–Crippen LogP) is 4.02. The minimum Gasteiger partial charge on any atom is -0.378 e. The van der Waals surface area contributed by atoms with Crippen LogP contribution in [0.5, 0.6) is 0 Å². The minimum atomic E-state index is 0.585. The van der Waals surface area contributed by atoms with Gasteiger partial charge in [0.05, 0.1) is 6.10 Å². The quantitative estimate of drug-likeness (QED) is 0.683. The van der Waals surface area contributed by atoms with Gasteiger partial charge in [-0.15, -0.1) is 0 Å². The third-order valence-electron chi connectivity index (χ3n) is 4.69. The average molecular weight is 210 g/mol. The zero-order valence-corrected chi connectivity index (χ0v) is 10.6. The summed E-state index contributed by atoms with van der Waals surface area (Å²) in [5.41, 5.74) is 0.585. The topological polar surface area (TPSA) is 9.23 Å². The van der Waals surface area contributed by atoms with Crippen molar-refractivity contribution in [3.8, 4) is 0 Å². The molecule has 2 fully saturated rings. The number of ether oxygens (including phenoxy) is 1. The summed E-state index contributed by atoms with van der Waals surface area (Å²) in [7, 11) is 0. The molecule has 4 atom stereocenters. The second kappa shape index (κ2) is 4.45. The van der Waals surface area contributed by atoms with Crippen LogP contribution in [0.4, 0.5) is 0 Å². The Balaban J connectivity index is 1.92. The Kier molecular flexibility index (Phi) is 3.39. The van der Waals surface area contributed by atoms with Crippen LogP contribution in [-0.2, 0) is 4.74 Å². The molecule has 1 heterocycles. The number of hydrogen-bond acceptors (Lipinski definition) is 1. The van der Waals surface area contributed by atoms with E-state index in [-0.39, 0.29) is 0 Å². The van der Waals surface area contributed by atoms with Gasteiger partial charge in [0.25, 0.3) is 0 Å². The Hall–Kier alpha value is -0.0400. The molecule has 0 aromatic rings. The van der Waals surface area contributed by atoms with Crippen molar-refractivity contribution in [2.24, 2.45) is 17.3 Å². The molecule has 1 aliphatic carbocycles. The van der Waals surface area contributed by atoms with Crippen LogP contribution < -0.4 is 0 Å². The predicted molar refractivity (Wildman–Crippen MR) is 63.9 cm³/mol. The van der Waals surface area contributed by atoms with E-state index in [0.717, 1.165) is 18.4 Å². The fourth-order valence-electron chi connectivity index (χ4n) is 3.50. The average Bonchev–Trinajstić information content (AvgIpc) is 2.57. The Morgan fingerprint density at radius 3 is 2.93 bits per heavy atom. The van der Waals surface area contributed by atoms with Gasteiger partial charge in [-0.1, -0.05) is 33.6 Å². The van der Waals surface area contributed by atoms with E-state index in [2.05, 4.69) is 20.8 Å². The van der Waals surface area contributed by atoms with Gasteiger partial charge in [-0.2, -0.15) is 0 Å². The van der Waals surface area contributed by atoms with E-state index >= 15 is 0 Å². The maximum Gasteiger partial charge on any atom is 0.0612 e. The lowest BCUT2D eigenvalue weighted by molar-refractivity contribution is 0.00951. The summed E-state index contributed by atoms with van der Waals surface area (Å²) in [6, 6.07) is 0. The molecule has 2 aliphatic rings. The summed E-state index contributed by atoms with van der Waals surface area (Å²) in [5, 5.41) is 0. The molecule has 0 aromatic heterocycles. The van der Waals surface area contributed by atoms with Gasteiger partial charge in [-0.05, 0) is 42.9 Å².